The maximum atomic E-state index is 4.11. The van der Waals surface area contributed by atoms with Crippen molar-refractivity contribution in [3.05, 3.63) is 95.7 Å². The Hall–Kier alpha value is -2.54. The maximum absolute atomic E-state index is 4.11. The Kier molecular flexibility index (Phi) is 5.18. The van der Waals surface area contributed by atoms with Crippen LogP contribution in [0.2, 0.25) is 0 Å². The van der Waals surface area contributed by atoms with Crippen LogP contribution in [0.4, 0.5) is 0 Å². The van der Waals surface area contributed by atoms with E-state index >= 15 is 0 Å². The molecule has 134 valence electrons. The second-order valence-corrected chi connectivity index (χ2v) is 8.27. The average molecular weight is 344 g/mol. The number of hydrogen-bond donors (Lipinski definition) is 1. The normalized spacial score (nSPS) is 16.8. The highest BCUT2D eigenvalue weighted by Crippen LogP contribution is 2.33. The summed E-state index contributed by atoms with van der Waals surface area (Å²) in [6.07, 6.45) is 7.63. The van der Waals surface area contributed by atoms with Gasteiger partial charge in [0.15, 0.2) is 0 Å². The minimum absolute atomic E-state index is 0.154. The molecule has 2 aromatic rings. The lowest BCUT2D eigenvalue weighted by Crippen LogP contribution is -2.22. The zero-order valence-corrected chi connectivity index (χ0v) is 16.3. The molecular weight excluding hydrogens is 314 g/mol. The molecule has 3 rings (SSSR count). The molecule has 1 aliphatic rings. The van der Waals surface area contributed by atoms with Gasteiger partial charge in [0.05, 0.1) is 6.04 Å². The molecule has 1 aliphatic heterocycles. The molecule has 1 atom stereocenters. The lowest BCUT2D eigenvalue weighted by atomic mass is 9.84. The molecule has 0 aliphatic carbocycles. The van der Waals surface area contributed by atoms with E-state index in [4.69, 9.17) is 0 Å². The number of hydrogen-bond acceptors (Lipinski definition) is 1. The summed E-state index contributed by atoms with van der Waals surface area (Å²) in [5.74, 6) is 0. The summed E-state index contributed by atoms with van der Waals surface area (Å²) in [6, 6.07) is 17.6. The third-order valence-corrected chi connectivity index (χ3v) is 4.83. The summed E-state index contributed by atoms with van der Waals surface area (Å²) < 4.78 is 0. The number of nitrogens with one attached hydrogen (secondary N) is 1. The van der Waals surface area contributed by atoms with Gasteiger partial charge in [0.2, 0.25) is 0 Å². The maximum Gasteiger partial charge on any atom is 0.0698 e. The quantitative estimate of drug-likeness (QED) is 0.616. The van der Waals surface area contributed by atoms with Crippen LogP contribution in [0, 0.1) is 5.41 Å². The van der Waals surface area contributed by atoms with Crippen LogP contribution >= 0.6 is 0 Å². The van der Waals surface area contributed by atoms with Crippen LogP contribution < -0.4 is 5.32 Å². The molecule has 1 heterocycles. The molecule has 1 heteroatoms. The first-order chi connectivity index (χ1) is 12.3. The zero-order valence-electron chi connectivity index (χ0n) is 16.3. The van der Waals surface area contributed by atoms with Crippen molar-refractivity contribution in [1.29, 1.82) is 0 Å². The van der Waals surface area contributed by atoms with E-state index in [9.17, 15) is 0 Å². The smallest absolute Gasteiger partial charge is 0.0698 e. The van der Waals surface area contributed by atoms with E-state index in [-0.39, 0.29) is 11.5 Å². The number of benzene rings is 2. The SMILES string of the molecule is C=C(C)Cc1ccc(-c2ccccc2)cc1C1C=CC(C(C)(C)C)=CN1. The second-order valence-electron chi connectivity index (χ2n) is 8.27. The van der Waals surface area contributed by atoms with Gasteiger partial charge in [-0.05, 0) is 52.7 Å². The van der Waals surface area contributed by atoms with Crippen molar-refractivity contribution >= 4 is 0 Å². The molecule has 0 fully saturated rings. The first-order valence-electron chi connectivity index (χ1n) is 9.32. The molecule has 0 bridgehead atoms. The average Bonchev–Trinajstić information content (AvgIpc) is 2.62. The first kappa shape index (κ1) is 18.3. The summed E-state index contributed by atoms with van der Waals surface area (Å²) in [7, 11) is 0. The van der Waals surface area contributed by atoms with Gasteiger partial charge in [-0.3, -0.25) is 0 Å². The summed E-state index contributed by atoms with van der Waals surface area (Å²) >= 11 is 0. The first-order valence-corrected chi connectivity index (χ1v) is 9.32. The Morgan fingerprint density at radius 2 is 1.77 bits per heavy atom. The van der Waals surface area contributed by atoms with E-state index in [0.717, 1.165) is 6.42 Å². The standard InChI is InChI=1S/C25H29N/c1-18(2)15-21-12-11-20(19-9-7-6-8-10-19)16-23(21)24-14-13-22(17-26-24)25(3,4)5/h6-14,16-17,24,26H,1,15H2,2-5H3. The molecule has 0 saturated carbocycles. The minimum atomic E-state index is 0.154. The Labute approximate surface area is 158 Å². The van der Waals surface area contributed by atoms with Gasteiger partial charge < -0.3 is 5.32 Å². The monoisotopic (exact) mass is 343 g/mol. The Balaban J connectivity index is 1.97. The van der Waals surface area contributed by atoms with Crippen molar-refractivity contribution in [3.8, 4) is 11.1 Å². The van der Waals surface area contributed by atoms with Crippen LogP contribution in [-0.4, -0.2) is 0 Å². The second kappa shape index (κ2) is 7.37. The Morgan fingerprint density at radius 3 is 2.35 bits per heavy atom. The van der Waals surface area contributed by atoms with E-state index in [1.54, 1.807) is 0 Å². The van der Waals surface area contributed by atoms with Gasteiger partial charge in [0, 0.05) is 6.20 Å². The van der Waals surface area contributed by atoms with Gasteiger partial charge in [0.1, 0.15) is 0 Å². The Bertz CT molecular complexity index is 847. The van der Waals surface area contributed by atoms with Gasteiger partial charge in [-0.25, -0.2) is 0 Å². The van der Waals surface area contributed by atoms with Crippen molar-refractivity contribution < 1.29 is 0 Å². The molecule has 1 unspecified atom stereocenters. The fourth-order valence-electron chi connectivity index (χ4n) is 3.32. The van der Waals surface area contributed by atoms with Crippen LogP contribution in [-0.2, 0) is 6.42 Å². The fourth-order valence-corrected chi connectivity index (χ4v) is 3.32. The summed E-state index contributed by atoms with van der Waals surface area (Å²) in [4.78, 5) is 0. The minimum Gasteiger partial charge on any atom is -0.380 e. The van der Waals surface area contributed by atoms with Gasteiger partial charge in [-0.2, -0.15) is 0 Å². The highest BCUT2D eigenvalue weighted by molar-refractivity contribution is 5.65. The predicted molar refractivity (Wildman–Crippen MR) is 113 cm³/mol. The molecule has 0 spiro atoms. The van der Waals surface area contributed by atoms with Crippen molar-refractivity contribution in [3.63, 3.8) is 0 Å². The van der Waals surface area contributed by atoms with Gasteiger partial charge in [-0.1, -0.05) is 87.5 Å². The lowest BCUT2D eigenvalue weighted by molar-refractivity contribution is 0.505. The van der Waals surface area contributed by atoms with Crippen molar-refractivity contribution in [2.75, 3.05) is 0 Å². The van der Waals surface area contributed by atoms with Crippen LogP contribution in [0.25, 0.3) is 11.1 Å². The summed E-state index contributed by atoms with van der Waals surface area (Å²) in [5.41, 5.74) is 7.84. The third-order valence-electron chi connectivity index (χ3n) is 4.83. The Morgan fingerprint density at radius 1 is 1.04 bits per heavy atom. The van der Waals surface area contributed by atoms with Crippen molar-refractivity contribution in [2.24, 2.45) is 5.41 Å². The van der Waals surface area contributed by atoms with Crippen LogP contribution in [0.5, 0.6) is 0 Å². The zero-order chi connectivity index (χ0) is 18.7. The number of rotatable bonds is 4. The topological polar surface area (TPSA) is 12.0 Å². The molecular formula is C25H29N. The van der Waals surface area contributed by atoms with E-state index in [2.05, 4.69) is 106 Å². The molecule has 1 N–H and O–H groups in total. The van der Waals surface area contributed by atoms with Gasteiger partial charge in [0.25, 0.3) is 0 Å². The molecule has 0 radical (unpaired) electrons. The highest BCUT2D eigenvalue weighted by Gasteiger charge is 2.20. The number of dihydropyridines is 1. The van der Waals surface area contributed by atoms with Crippen LogP contribution in [0.1, 0.15) is 44.9 Å². The molecule has 0 amide bonds. The molecule has 0 saturated heterocycles. The summed E-state index contributed by atoms with van der Waals surface area (Å²) in [6.45, 7) is 12.9. The lowest BCUT2D eigenvalue weighted by Gasteiger charge is -2.28. The van der Waals surface area contributed by atoms with E-state index in [0.29, 0.717) is 0 Å². The molecule has 1 nitrogen and oxygen atoms in total. The van der Waals surface area contributed by atoms with Crippen LogP contribution in [0.15, 0.2) is 84.6 Å². The number of allylic oxidation sites excluding steroid dienone is 3. The fraction of sp³-hybridized carbons (Fsp3) is 0.280. The summed E-state index contributed by atoms with van der Waals surface area (Å²) in [5, 5.41) is 3.61. The van der Waals surface area contributed by atoms with E-state index < -0.39 is 0 Å². The largest absolute Gasteiger partial charge is 0.380 e. The van der Waals surface area contributed by atoms with Gasteiger partial charge >= 0.3 is 0 Å². The third kappa shape index (κ3) is 4.16. The molecule has 2 aromatic carbocycles. The molecule has 0 aromatic heterocycles. The van der Waals surface area contributed by atoms with Crippen LogP contribution in [0.3, 0.4) is 0 Å². The molecule has 26 heavy (non-hydrogen) atoms. The van der Waals surface area contributed by atoms with E-state index in [1.165, 1.54) is 33.4 Å². The van der Waals surface area contributed by atoms with E-state index in [1.807, 2.05) is 0 Å². The van der Waals surface area contributed by atoms with Crippen molar-refractivity contribution in [1.82, 2.24) is 5.32 Å². The predicted octanol–water partition coefficient (Wildman–Crippen LogP) is 6.60. The van der Waals surface area contributed by atoms with Gasteiger partial charge in [-0.15, -0.1) is 0 Å². The highest BCUT2D eigenvalue weighted by atomic mass is 14.9. The van der Waals surface area contributed by atoms with Crippen molar-refractivity contribution in [2.45, 2.75) is 40.2 Å².